The fourth-order valence-electron chi connectivity index (χ4n) is 5.01. The molecule has 0 aliphatic carbocycles. The van der Waals surface area contributed by atoms with Crippen LogP contribution in [-0.2, 0) is 9.53 Å². The molecule has 2 aliphatic rings. The molecule has 11 heteroatoms. The highest BCUT2D eigenvalue weighted by Crippen LogP contribution is 2.43. The second-order valence-corrected chi connectivity index (χ2v) is 9.16. The maximum atomic E-state index is 15.4. The number of rotatable bonds is 6. The van der Waals surface area contributed by atoms with Crippen molar-refractivity contribution in [2.24, 2.45) is 10.2 Å². The summed E-state index contributed by atoms with van der Waals surface area (Å²) < 4.78 is 40.7. The SMILES string of the molecule is COC(=O)CC1c2cccc(F)c2N=C(N2CCN(c3cccc(OC)c3)CC2)N1c1cc(N=O)ccc1F. The van der Waals surface area contributed by atoms with E-state index in [-0.39, 0.29) is 29.4 Å². The highest BCUT2D eigenvalue weighted by Gasteiger charge is 2.39. The molecular weight excluding hydrogens is 508 g/mol. The van der Waals surface area contributed by atoms with Crippen LogP contribution >= 0.6 is 0 Å². The van der Waals surface area contributed by atoms with Crippen LogP contribution < -0.4 is 14.5 Å². The Kier molecular flexibility index (Phi) is 7.40. The number of hydrogen-bond acceptors (Lipinski definition) is 9. The normalized spacial score (nSPS) is 16.9. The first-order valence-corrected chi connectivity index (χ1v) is 12.4. The lowest BCUT2D eigenvalue weighted by molar-refractivity contribution is -0.141. The van der Waals surface area contributed by atoms with Gasteiger partial charge in [-0.25, -0.2) is 13.8 Å². The zero-order valence-electron chi connectivity index (χ0n) is 21.5. The van der Waals surface area contributed by atoms with Gasteiger partial charge in [0.1, 0.15) is 28.8 Å². The first-order chi connectivity index (χ1) is 18.9. The highest BCUT2D eigenvalue weighted by atomic mass is 19.1. The number of anilines is 2. The number of hydrogen-bond donors (Lipinski definition) is 0. The van der Waals surface area contributed by atoms with Gasteiger partial charge in [-0.2, -0.15) is 0 Å². The third-order valence-electron chi connectivity index (χ3n) is 6.98. The molecule has 1 unspecified atom stereocenters. The summed E-state index contributed by atoms with van der Waals surface area (Å²) >= 11 is 0. The van der Waals surface area contributed by atoms with Gasteiger partial charge in [-0.3, -0.25) is 4.79 Å². The molecule has 0 saturated carbocycles. The summed E-state index contributed by atoms with van der Waals surface area (Å²) in [6.07, 6.45) is -0.200. The van der Waals surface area contributed by atoms with Crippen LogP contribution in [0.3, 0.4) is 0 Å². The van der Waals surface area contributed by atoms with Crippen molar-refractivity contribution in [1.82, 2.24) is 4.90 Å². The van der Waals surface area contributed by atoms with Crippen molar-refractivity contribution < 1.29 is 23.0 Å². The number of methoxy groups -OCH3 is 2. The third-order valence-corrected chi connectivity index (χ3v) is 6.98. The summed E-state index contributed by atoms with van der Waals surface area (Å²) in [5.74, 6) is -0.740. The molecule has 39 heavy (non-hydrogen) atoms. The van der Waals surface area contributed by atoms with Crippen molar-refractivity contribution in [1.29, 1.82) is 0 Å². The predicted molar refractivity (Wildman–Crippen MR) is 144 cm³/mol. The number of guanidine groups is 1. The minimum absolute atomic E-state index is 0.00453. The quantitative estimate of drug-likeness (QED) is 0.313. The van der Waals surface area contributed by atoms with Crippen molar-refractivity contribution in [2.45, 2.75) is 12.5 Å². The fraction of sp³-hybridized carbons (Fsp3) is 0.286. The van der Waals surface area contributed by atoms with Gasteiger partial charge in [0.25, 0.3) is 0 Å². The van der Waals surface area contributed by atoms with Crippen LogP contribution in [0, 0.1) is 16.5 Å². The Bertz CT molecular complexity index is 1420. The number of carbonyl (C=O) groups excluding carboxylic acids is 1. The van der Waals surface area contributed by atoms with E-state index in [9.17, 15) is 9.70 Å². The van der Waals surface area contributed by atoms with Gasteiger partial charge in [-0.05, 0) is 41.6 Å². The van der Waals surface area contributed by atoms with E-state index >= 15 is 8.78 Å². The fourth-order valence-corrected chi connectivity index (χ4v) is 5.01. The maximum Gasteiger partial charge on any atom is 0.307 e. The number of esters is 1. The minimum Gasteiger partial charge on any atom is -0.497 e. The number of piperazine rings is 1. The van der Waals surface area contributed by atoms with E-state index in [0.717, 1.165) is 17.5 Å². The molecule has 202 valence electrons. The monoisotopic (exact) mass is 535 g/mol. The van der Waals surface area contributed by atoms with Crippen molar-refractivity contribution in [3.8, 4) is 5.75 Å². The number of nitroso groups, excluding NO2 is 1. The lowest BCUT2D eigenvalue weighted by Gasteiger charge is -2.45. The zero-order valence-corrected chi connectivity index (χ0v) is 21.5. The number of halogens is 2. The summed E-state index contributed by atoms with van der Waals surface area (Å²) in [6.45, 7) is 2.16. The van der Waals surface area contributed by atoms with Crippen LogP contribution in [0.25, 0.3) is 0 Å². The molecule has 0 aromatic heterocycles. The third kappa shape index (κ3) is 5.12. The average Bonchev–Trinajstić information content (AvgIpc) is 2.98. The molecule has 0 spiro atoms. The molecular formula is C28H27F2N5O4. The largest absolute Gasteiger partial charge is 0.497 e. The Labute approximate surface area is 224 Å². The van der Waals surface area contributed by atoms with Crippen LogP contribution in [0.2, 0.25) is 0 Å². The summed E-state index contributed by atoms with van der Waals surface area (Å²) in [6, 6.07) is 15.1. The first-order valence-electron chi connectivity index (χ1n) is 12.4. The molecule has 1 atom stereocenters. The smallest absolute Gasteiger partial charge is 0.307 e. The van der Waals surface area contributed by atoms with E-state index in [1.807, 2.05) is 29.2 Å². The highest BCUT2D eigenvalue weighted by molar-refractivity contribution is 6.01. The van der Waals surface area contributed by atoms with Crippen molar-refractivity contribution in [3.05, 3.63) is 82.8 Å². The van der Waals surface area contributed by atoms with E-state index in [0.29, 0.717) is 31.7 Å². The van der Waals surface area contributed by atoms with Gasteiger partial charge in [-0.1, -0.05) is 18.2 Å². The van der Waals surface area contributed by atoms with Gasteiger partial charge in [-0.15, -0.1) is 4.91 Å². The Morgan fingerprint density at radius 2 is 1.72 bits per heavy atom. The Balaban J connectivity index is 1.57. The number of carbonyl (C=O) groups is 1. The van der Waals surface area contributed by atoms with Gasteiger partial charge in [0, 0.05) is 43.5 Å². The van der Waals surface area contributed by atoms with E-state index in [1.165, 1.54) is 31.4 Å². The molecule has 9 nitrogen and oxygen atoms in total. The lowest BCUT2D eigenvalue weighted by Crippen LogP contribution is -2.55. The Morgan fingerprint density at radius 3 is 2.44 bits per heavy atom. The zero-order chi connectivity index (χ0) is 27.5. The first kappa shape index (κ1) is 26.1. The lowest BCUT2D eigenvalue weighted by atomic mass is 9.97. The van der Waals surface area contributed by atoms with E-state index in [1.54, 1.807) is 18.1 Å². The van der Waals surface area contributed by atoms with Crippen LogP contribution in [0.4, 0.5) is 31.5 Å². The molecule has 2 aliphatic heterocycles. The van der Waals surface area contributed by atoms with E-state index in [4.69, 9.17) is 9.47 Å². The van der Waals surface area contributed by atoms with Gasteiger partial charge in [0.2, 0.25) is 5.96 Å². The van der Waals surface area contributed by atoms with Crippen LogP contribution in [-0.4, -0.2) is 57.2 Å². The summed E-state index contributed by atoms with van der Waals surface area (Å²) in [4.78, 5) is 34.2. The van der Waals surface area contributed by atoms with Gasteiger partial charge < -0.3 is 24.2 Å². The molecule has 0 amide bonds. The summed E-state index contributed by atoms with van der Waals surface area (Å²) in [7, 11) is 2.87. The number of nitrogens with zero attached hydrogens (tertiary/aromatic N) is 5. The maximum absolute atomic E-state index is 15.4. The van der Waals surface area contributed by atoms with Crippen molar-refractivity contribution >= 4 is 34.7 Å². The Morgan fingerprint density at radius 1 is 0.974 bits per heavy atom. The molecule has 1 fully saturated rings. The predicted octanol–water partition coefficient (Wildman–Crippen LogP) is 5.31. The second-order valence-electron chi connectivity index (χ2n) is 9.16. The van der Waals surface area contributed by atoms with E-state index in [2.05, 4.69) is 15.1 Å². The molecule has 0 bridgehead atoms. The molecule has 3 aromatic carbocycles. The standard InChI is InChI=1S/C28H27F2N5O4/c1-38-20-6-3-5-19(16-20)33-11-13-34(14-12-33)28-31-27-21(7-4-8-23(27)30)24(17-26(36)39-2)35(28)25-15-18(32-37)9-10-22(25)29/h3-10,15-16,24H,11-14,17H2,1-2H3. The summed E-state index contributed by atoms with van der Waals surface area (Å²) in [5, 5.41) is 2.96. The Hall–Kier alpha value is -4.54. The van der Waals surface area contributed by atoms with Crippen molar-refractivity contribution in [3.63, 3.8) is 0 Å². The number of fused-ring (bicyclic) bond motifs is 1. The molecule has 1 saturated heterocycles. The summed E-state index contributed by atoms with van der Waals surface area (Å²) in [5.41, 5.74) is 1.49. The second kappa shape index (κ2) is 11.1. The molecule has 5 rings (SSSR count). The van der Waals surface area contributed by atoms with Crippen molar-refractivity contribution in [2.75, 3.05) is 50.2 Å². The van der Waals surface area contributed by atoms with Gasteiger partial charge in [0.15, 0.2) is 0 Å². The van der Waals surface area contributed by atoms with E-state index < -0.39 is 23.6 Å². The van der Waals surface area contributed by atoms with Crippen LogP contribution in [0.15, 0.2) is 70.8 Å². The topological polar surface area (TPSA) is 87.0 Å². The van der Waals surface area contributed by atoms with Gasteiger partial charge >= 0.3 is 5.97 Å². The van der Waals surface area contributed by atoms with Gasteiger partial charge in [0.05, 0.1) is 32.4 Å². The number of ether oxygens (including phenoxy) is 2. The molecule has 0 radical (unpaired) electrons. The van der Waals surface area contributed by atoms with Crippen LogP contribution in [0.1, 0.15) is 18.0 Å². The number of aliphatic imine (C=N–C) groups is 1. The number of benzene rings is 3. The minimum atomic E-state index is -0.844. The number of para-hydroxylation sites is 1. The molecule has 0 N–H and O–H groups in total. The molecule has 2 heterocycles. The molecule has 3 aromatic rings. The van der Waals surface area contributed by atoms with Crippen LogP contribution in [0.5, 0.6) is 5.75 Å². The average molecular weight is 536 g/mol.